The van der Waals surface area contributed by atoms with E-state index in [0.717, 1.165) is 30.8 Å². The van der Waals surface area contributed by atoms with Gasteiger partial charge < -0.3 is 4.74 Å². The highest BCUT2D eigenvalue weighted by Crippen LogP contribution is 2.22. The van der Waals surface area contributed by atoms with Gasteiger partial charge in [0.15, 0.2) is 0 Å². The molecule has 0 N–H and O–H groups in total. The quantitative estimate of drug-likeness (QED) is 0.756. The first kappa shape index (κ1) is 15.5. The Hall–Kier alpha value is -0.870. The van der Waals surface area contributed by atoms with Crippen LogP contribution >= 0.6 is 11.6 Å². The third-order valence-corrected chi connectivity index (χ3v) is 4.02. The minimum Gasteiger partial charge on any atom is -0.476 e. The number of likely N-dealkylation sites (tertiary alicyclic amines) is 1. The Morgan fingerprint density at radius 2 is 1.95 bits per heavy atom. The van der Waals surface area contributed by atoms with Crippen molar-refractivity contribution in [2.24, 2.45) is 0 Å². The molecule has 0 saturated carbocycles. The van der Waals surface area contributed by atoms with Crippen molar-refractivity contribution in [1.29, 1.82) is 0 Å². The van der Waals surface area contributed by atoms with Crippen molar-refractivity contribution in [3.05, 3.63) is 16.5 Å². The molecule has 5 heteroatoms. The Kier molecular flexibility index (Phi) is 6.05. The van der Waals surface area contributed by atoms with Gasteiger partial charge in [-0.15, -0.1) is 0 Å². The monoisotopic (exact) mass is 297 g/mol. The molecule has 0 unspecified atom stereocenters. The van der Waals surface area contributed by atoms with Gasteiger partial charge >= 0.3 is 0 Å². The third kappa shape index (κ3) is 4.32. The van der Waals surface area contributed by atoms with Gasteiger partial charge in [0.05, 0.1) is 0 Å². The van der Waals surface area contributed by atoms with Gasteiger partial charge in [0.1, 0.15) is 17.6 Å². The van der Waals surface area contributed by atoms with Gasteiger partial charge in [0.2, 0.25) is 5.88 Å². The molecule has 1 aromatic heterocycles. The second-order valence-electron chi connectivity index (χ2n) is 5.36. The maximum atomic E-state index is 6.14. The minimum atomic E-state index is 0.511. The molecule has 0 aliphatic carbocycles. The van der Waals surface area contributed by atoms with Crippen LogP contribution in [-0.4, -0.2) is 41.1 Å². The van der Waals surface area contributed by atoms with Crippen LogP contribution in [0.1, 0.15) is 44.0 Å². The van der Waals surface area contributed by atoms with Crippen molar-refractivity contribution in [3.8, 4) is 5.88 Å². The van der Waals surface area contributed by atoms with Crippen LogP contribution < -0.4 is 4.74 Å². The maximum absolute atomic E-state index is 6.14. The molecule has 1 aliphatic rings. The summed E-state index contributed by atoms with van der Waals surface area (Å²) < 4.78 is 5.83. The number of hydrogen-bond acceptors (Lipinski definition) is 4. The van der Waals surface area contributed by atoms with Crippen molar-refractivity contribution >= 4 is 11.6 Å². The zero-order valence-corrected chi connectivity index (χ0v) is 13.2. The van der Waals surface area contributed by atoms with Crippen LogP contribution in [0, 0.1) is 6.92 Å². The SMILES string of the molecule is CCCc1nc(Cl)c(C)c(OCCN2CCCCC2)n1. The molecule has 1 fully saturated rings. The van der Waals surface area contributed by atoms with Gasteiger partial charge in [-0.1, -0.05) is 24.9 Å². The summed E-state index contributed by atoms with van der Waals surface area (Å²) in [5.41, 5.74) is 0.838. The predicted molar refractivity (Wildman–Crippen MR) is 81.6 cm³/mol. The molecule has 2 rings (SSSR count). The fourth-order valence-electron chi connectivity index (χ4n) is 2.44. The number of nitrogens with zero attached hydrogens (tertiary/aromatic N) is 3. The summed E-state index contributed by atoms with van der Waals surface area (Å²) >= 11 is 6.14. The maximum Gasteiger partial charge on any atom is 0.221 e. The Balaban J connectivity index is 1.90. The van der Waals surface area contributed by atoms with Crippen molar-refractivity contribution in [2.75, 3.05) is 26.2 Å². The molecule has 4 nitrogen and oxygen atoms in total. The Labute approximate surface area is 126 Å². The van der Waals surface area contributed by atoms with Gasteiger partial charge in [-0.3, -0.25) is 4.90 Å². The molecule has 0 aromatic carbocycles. The van der Waals surface area contributed by atoms with Crippen LogP contribution in [0.2, 0.25) is 5.15 Å². The number of hydrogen-bond donors (Lipinski definition) is 0. The lowest BCUT2D eigenvalue weighted by molar-refractivity contribution is 0.179. The number of aryl methyl sites for hydroxylation is 1. The molecule has 1 aromatic rings. The number of halogens is 1. The van der Waals surface area contributed by atoms with Crippen LogP contribution in [-0.2, 0) is 6.42 Å². The standard InChI is InChI=1S/C15H24ClN3O/c1-3-7-13-17-14(16)12(2)15(18-13)20-11-10-19-8-5-4-6-9-19/h3-11H2,1-2H3. The summed E-state index contributed by atoms with van der Waals surface area (Å²) in [6.45, 7) is 8.02. The second-order valence-corrected chi connectivity index (χ2v) is 5.72. The Bertz CT molecular complexity index is 433. The van der Waals surface area contributed by atoms with E-state index in [0.29, 0.717) is 17.6 Å². The first-order valence-electron chi connectivity index (χ1n) is 7.59. The average Bonchev–Trinajstić information content (AvgIpc) is 2.45. The highest BCUT2D eigenvalue weighted by atomic mass is 35.5. The topological polar surface area (TPSA) is 38.2 Å². The lowest BCUT2D eigenvalue weighted by Crippen LogP contribution is -2.33. The molecule has 0 radical (unpaired) electrons. The molecular weight excluding hydrogens is 274 g/mol. The minimum absolute atomic E-state index is 0.511. The summed E-state index contributed by atoms with van der Waals surface area (Å²) in [6.07, 6.45) is 5.81. The Morgan fingerprint density at radius 1 is 1.20 bits per heavy atom. The molecule has 1 saturated heterocycles. The molecular formula is C15H24ClN3O. The third-order valence-electron chi connectivity index (χ3n) is 3.66. The van der Waals surface area contributed by atoms with Gasteiger partial charge in [0, 0.05) is 18.5 Å². The van der Waals surface area contributed by atoms with Crippen LogP contribution in [0.25, 0.3) is 0 Å². The summed E-state index contributed by atoms with van der Waals surface area (Å²) in [5.74, 6) is 1.42. The predicted octanol–water partition coefficient (Wildman–Crippen LogP) is 3.26. The van der Waals surface area contributed by atoms with E-state index in [2.05, 4.69) is 21.8 Å². The van der Waals surface area contributed by atoms with Crippen LogP contribution in [0.4, 0.5) is 0 Å². The van der Waals surface area contributed by atoms with E-state index in [9.17, 15) is 0 Å². The highest BCUT2D eigenvalue weighted by Gasteiger charge is 2.12. The van der Waals surface area contributed by atoms with E-state index in [1.165, 1.54) is 32.4 Å². The molecule has 20 heavy (non-hydrogen) atoms. The summed E-state index contributed by atoms with van der Waals surface area (Å²) in [7, 11) is 0. The van der Waals surface area contributed by atoms with Gasteiger partial charge in [0.25, 0.3) is 0 Å². The number of ether oxygens (including phenoxy) is 1. The number of rotatable bonds is 6. The van der Waals surface area contributed by atoms with E-state index >= 15 is 0 Å². The first-order valence-corrected chi connectivity index (χ1v) is 7.96. The second kappa shape index (κ2) is 7.79. The number of piperidine rings is 1. The molecule has 112 valence electrons. The molecule has 1 aliphatic heterocycles. The molecule has 2 heterocycles. The Morgan fingerprint density at radius 3 is 2.65 bits per heavy atom. The van der Waals surface area contributed by atoms with Gasteiger partial charge in [-0.25, -0.2) is 4.98 Å². The zero-order chi connectivity index (χ0) is 14.4. The van der Waals surface area contributed by atoms with Gasteiger partial charge in [-0.05, 0) is 39.3 Å². The van der Waals surface area contributed by atoms with E-state index in [1.54, 1.807) is 0 Å². The van der Waals surface area contributed by atoms with Gasteiger partial charge in [-0.2, -0.15) is 4.98 Å². The lowest BCUT2D eigenvalue weighted by atomic mass is 10.1. The van der Waals surface area contributed by atoms with Crippen molar-refractivity contribution < 1.29 is 4.74 Å². The molecule has 0 amide bonds. The first-order chi connectivity index (χ1) is 9.70. The zero-order valence-electron chi connectivity index (χ0n) is 12.5. The lowest BCUT2D eigenvalue weighted by Gasteiger charge is -2.26. The summed E-state index contributed by atoms with van der Waals surface area (Å²) in [5, 5.41) is 0.511. The average molecular weight is 298 g/mol. The highest BCUT2D eigenvalue weighted by molar-refractivity contribution is 6.30. The van der Waals surface area contributed by atoms with E-state index in [-0.39, 0.29) is 0 Å². The van der Waals surface area contributed by atoms with Crippen LogP contribution in [0.5, 0.6) is 5.88 Å². The van der Waals surface area contributed by atoms with E-state index in [4.69, 9.17) is 16.3 Å². The molecule has 0 bridgehead atoms. The van der Waals surface area contributed by atoms with Crippen molar-refractivity contribution in [3.63, 3.8) is 0 Å². The van der Waals surface area contributed by atoms with Crippen molar-refractivity contribution in [2.45, 2.75) is 46.0 Å². The van der Waals surface area contributed by atoms with E-state index < -0.39 is 0 Å². The molecule has 0 spiro atoms. The normalized spacial score (nSPS) is 16.4. The summed E-state index contributed by atoms with van der Waals surface area (Å²) in [4.78, 5) is 11.2. The van der Waals surface area contributed by atoms with Crippen LogP contribution in [0.15, 0.2) is 0 Å². The van der Waals surface area contributed by atoms with Crippen molar-refractivity contribution in [1.82, 2.24) is 14.9 Å². The fourth-order valence-corrected chi connectivity index (χ4v) is 2.62. The van der Waals surface area contributed by atoms with Crippen LogP contribution in [0.3, 0.4) is 0 Å². The fraction of sp³-hybridized carbons (Fsp3) is 0.733. The smallest absolute Gasteiger partial charge is 0.221 e. The van der Waals surface area contributed by atoms with E-state index in [1.807, 2.05) is 6.92 Å². The largest absolute Gasteiger partial charge is 0.476 e. The number of aromatic nitrogens is 2. The molecule has 0 atom stereocenters. The summed E-state index contributed by atoms with van der Waals surface area (Å²) in [6, 6.07) is 0.